The van der Waals surface area contributed by atoms with Gasteiger partial charge in [0.2, 0.25) is 5.91 Å². The molecule has 2 rings (SSSR count). The van der Waals surface area contributed by atoms with Crippen molar-refractivity contribution in [2.75, 3.05) is 10.6 Å². The first-order chi connectivity index (χ1) is 9.08. The second kappa shape index (κ2) is 5.62. The Morgan fingerprint density at radius 2 is 1.89 bits per heavy atom. The zero-order chi connectivity index (χ0) is 13.8. The van der Waals surface area contributed by atoms with Gasteiger partial charge in [-0.05, 0) is 24.6 Å². The minimum absolute atomic E-state index is 0.147. The van der Waals surface area contributed by atoms with Crippen molar-refractivity contribution in [3.05, 3.63) is 40.3 Å². The number of carbonyl (C=O) groups excluding carboxylic acids is 2. The van der Waals surface area contributed by atoms with Gasteiger partial charge in [0.25, 0.3) is 5.91 Å². The molecule has 0 bridgehead atoms. The maximum atomic E-state index is 11.9. The Kier molecular flexibility index (Phi) is 3.91. The topological polar surface area (TPSA) is 71.1 Å². The fraction of sp³-hybridized carbons (Fsp3) is 0.154. The second-order valence-electron chi connectivity index (χ2n) is 3.99. The fourth-order valence-corrected chi connectivity index (χ4v) is 2.14. The van der Waals surface area contributed by atoms with E-state index < -0.39 is 0 Å². The quantitative estimate of drug-likeness (QED) is 0.904. The molecule has 6 heteroatoms. The van der Waals surface area contributed by atoms with Crippen LogP contribution in [0, 0.1) is 6.92 Å². The summed E-state index contributed by atoms with van der Waals surface area (Å²) in [5, 5.41) is 7.18. The third-order valence-corrected chi connectivity index (χ3v) is 3.14. The number of hydrogen-bond donors (Lipinski definition) is 2. The number of nitrogens with one attached hydrogen (secondary N) is 2. The number of rotatable bonds is 3. The molecule has 0 spiro atoms. The first-order valence-corrected chi connectivity index (χ1v) is 6.59. The van der Waals surface area contributed by atoms with Crippen LogP contribution in [-0.4, -0.2) is 16.8 Å². The lowest BCUT2D eigenvalue weighted by Gasteiger charge is -2.12. The number of thiazole rings is 1. The van der Waals surface area contributed by atoms with Gasteiger partial charge in [-0.25, -0.2) is 4.98 Å². The molecular formula is C13H13N3O2S. The lowest BCUT2D eigenvalue weighted by Crippen LogP contribution is -2.14. The van der Waals surface area contributed by atoms with Gasteiger partial charge in [0.15, 0.2) is 0 Å². The number of nitrogens with zero attached hydrogens (tertiary/aromatic N) is 1. The van der Waals surface area contributed by atoms with E-state index >= 15 is 0 Å². The van der Waals surface area contributed by atoms with Crippen LogP contribution in [0.15, 0.2) is 29.1 Å². The molecule has 2 aromatic rings. The van der Waals surface area contributed by atoms with E-state index in [1.54, 1.807) is 29.1 Å². The molecule has 1 heterocycles. The molecule has 0 aliphatic heterocycles. The molecule has 2 amide bonds. The average Bonchev–Trinajstić information content (AvgIpc) is 2.87. The summed E-state index contributed by atoms with van der Waals surface area (Å²) in [4.78, 5) is 26.9. The van der Waals surface area contributed by atoms with Crippen molar-refractivity contribution in [2.45, 2.75) is 13.8 Å². The van der Waals surface area contributed by atoms with Crippen molar-refractivity contribution < 1.29 is 9.59 Å². The van der Waals surface area contributed by atoms with Crippen LogP contribution < -0.4 is 10.6 Å². The summed E-state index contributed by atoms with van der Waals surface area (Å²) in [5.74, 6) is -0.407. The van der Waals surface area contributed by atoms with Crippen molar-refractivity contribution >= 4 is 34.5 Å². The Balaban J connectivity index is 2.21. The van der Waals surface area contributed by atoms with E-state index in [9.17, 15) is 9.59 Å². The minimum Gasteiger partial charge on any atom is -0.326 e. The number of anilines is 2. The zero-order valence-electron chi connectivity index (χ0n) is 10.6. The number of aromatic nitrogens is 1. The molecule has 0 fully saturated rings. The lowest BCUT2D eigenvalue weighted by atomic mass is 10.1. The number of amides is 2. The van der Waals surface area contributed by atoms with Crippen molar-refractivity contribution in [2.24, 2.45) is 0 Å². The van der Waals surface area contributed by atoms with Crippen molar-refractivity contribution in [3.63, 3.8) is 0 Å². The second-order valence-corrected chi connectivity index (χ2v) is 4.71. The van der Waals surface area contributed by atoms with E-state index in [2.05, 4.69) is 15.6 Å². The Morgan fingerprint density at radius 3 is 2.47 bits per heavy atom. The van der Waals surface area contributed by atoms with Crippen LogP contribution in [-0.2, 0) is 4.79 Å². The summed E-state index contributed by atoms with van der Waals surface area (Å²) >= 11 is 1.37. The Labute approximate surface area is 114 Å². The van der Waals surface area contributed by atoms with Crippen molar-refractivity contribution in [1.82, 2.24) is 4.98 Å². The van der Waals surface area contributed by atoms with Gasteiger partial charge in [0.1, 0.15) is 5.69 Å². The molecule has 0 atom stereocenters. The number of carbonyl (C=O) groups is 2. The van der Waals surface area contributed by atoms with Crippen LogP contribution in [0.1, 0.15) is 23.0 Å². The summed E-state index contributed by atoms with van der Waals surface area (Å²) in [6.07, 6.45) is 0. The number of hydrogen-bond acceptors (Lipinski definition) is 4. The predicted octanol–water partition coefficient (Wildman–Crippen LogP) is 2.66. The maximum Gasteiger partial charge on any atom is 0.275 e. The fourth-order valence-electron chi connectivity index (χ4n) is 1.61. The van der Waals surface area contributed by atoms with Gasteiger partial charge in [-0.3, -0.25) is 9.59 Å². The van der Waals surface area contributed by atoms with Gasteiger partial charge < -0.3 is 10.6 Å². The Hall–Kier alpha value is -2.21. The number of benzene rings is 1. The van der Waals surface area contributed by atoms with E-state index in [0.29, 0.717) is 17.1 Å². The van der Waals surface area contributed by atoms with Crippen LogP contribution >= 0.6 is 11.3 Å². The molecule has 1 aromatic heterocycles. The molecule has 0 aliphatic carbocycles. The van der Waals surface area contributed by atoms with Crippen LogP contribution in [0.3, 0.4) is 0 Å². The summed E-state index contributed by atoms with van der Waals surface area (Å²) in [7, 11) is 0. The molecule has 5 nitrogen and oxygen atoms in total. The first-order valence-electron chi connectivity index (χ1n) is 5.64. The summed E-state index contributed by atoms with van der Waals surface area (Å²) in [5.41, 5.74) is 4.14. The van der Waals surface area contributed by atoms with E-state index in [1.807, 2.05) is 6.92 Å². The zero-order valence-corrected chi connectivity index (χ0v) is 11.4. The van der Waals surface area contributed by atoms with Crippen LogP contribution in [0.5, 0.6) is 0 Å². The predicted molar refractivity (Wildman–Crippen MR) is 75.5 cm³/mol. The highest BCUT2D eigenvalue weighted by molar-refractivity contribution is 7.07. The molecular weight excluding hydrogens is 262 g/mol. The van der Waals surface area contributed by atoms with E-state index in [-0.39, 0.29) is 11.8 Å². The summed E-state index contributed by atoms with van der Waals surface area (Å²) in [6.45, 7) is 3.28. The smallest absolute Gasteiger partial charge is 0.275 e. The standard InChI is InChI=1S/C13H13N3O2S/c1-8-10(15-9(2)17)4-3-5-11(8)16-13(18)12-6-19-7-14-12/h3-7H,1-2H3,(H,15,17)(H,16,18). The molecule has 2 N–H and O–H groups in total. The molecule has 0 aliphatic rings. The van der Waals surface area contributed by atoms with Crippen LogP contribution in [0.4, 0.5) is 11.4 Å². The average molecular weight is 275 g/mol. The lowest BCUT2D eigenvalue weighted by molar-refractivity contribution is -0.114. The third-order valence-electron chi connectivity index (χ3n) is 2.56. The van der Waals surface area contributed by atoms with Crippen molar-refractivity contribution in [3.8, 4) is 0 Å². The highest BCUT2D eigenvalue weighted by Gasteiger charge is 2.11. The maximum absolute atomic E-state index is 11.9. The molecule has 0 saturated carbocycles. The third kappa shape index (κ3) is 3.17. The van der Waals surface area contributed by atoms with E-state index in [4.69, 9.17) is 0 Å². The van der Waals surface area contributed by atoms with Crippen LogP contribution in [0.25, 0.3) is 0 Å². The first kappa shape index (κ1) is 13.2. The normalized spacial score (nSPS) is 10.0. The highest BCUT2D eigenvalue weighted by Crippen LogP contribution is 2.23. The molecule has 0 saturated heterocycles. The van der Waals surface area contributed by atoms with Crippen LogP contribution in [0.2, 0.25) is 0 Å². The molecule has 0 radical (unpaired) electrons. The minimum atomic E-state index is -0.260. The van der Waals surface area contributed by atoms with Crippen molar-refractivity contribution in [1.29, 1.82) is 0 Å². The SMILES string of the molecule is CC(=O)Nc1cccc(NC(=O)c2cscn2)c1C. The Bertz CT molecular complexity index is 608. The molecule has 98 valence electrons. The molecule has 19 heavy (non-hydrogen) atoms. The van der Waals surface area contributed by atoms with Gasteiger partial charge in [-0.1, -0.05) is 6.07 Å². The largest absolute Gasteiger partial charge is 0.326 e. The summed E-state index contributed by atoms with van der Waals surface area (Å²) in [6, 6.07) is 5.34. The molecule has 0 unspecified atom stereocenters. The van der Waals surface area contributed by atoms with Gasteiger partial charge in [-0.2, -0.15) is 0 Å². The monoisotopic (exact) mass is 275 g/mol. The van der Waals surface area contributed by atoms with Gasteiger partial charge in [-0.15, -0.1) is 11.3 Å². The molecule has 1 aromatic carbocycles. The van der Waals surface area contributed by atoms with E-state index in [1.165, 1.54) is 18.3 Å². The van der Waals surface area contributed by atoms with Gasteiger partial charge in [0.05, 0.1) is 5.51 Å². The Morgan fingerprint density at radius 1 is 1.21 bits per heavy atom. The van der Waals surface area contributed by atoms with Gasteiger partial charge in [0, 0.05) is 23.7 Å². The van der Waals surface area contributed by atoms with E-state index in [0.717, 1.165) is 5.56 Å². The van der Waals surface area contributed by atoms with Gasteiger partial charge >= 0.3 is 0 Å². The highest BCUT2D eigenvalue weighted by atomic mass is 32.1. The summed E-state index contributed by atoms with van der Waals surface area (Å²) < 4.78 is 0.